The first-order chi connectivity index (χ1) is 7.34. The van der Waals surface area contributed by atoms with E-state index in [9.17, 15) is 0 Å². The lowest BCUT2D eigenvalue weighted by Gasteiger charge is -2.28. The molecule has 15 heavy (non-hydrogen) atoms. The number of nitrogens with two attached hydrogens (primary N) is 1. The van der Waals surface area contributed by atoms with Crippen LogP contribution in [-0.2, 0) is 0 Å². The molecule has 76 valence electrons. The minimum atomic E-state index is 0.643. The van der Waals surface area contributed by atoms with Gasteiger partial charge in [-0.25, -0.2) is 5.84 Å². The Labute approximate surface area is 88.4 Å². The van der Waals surface area contributed by atoms with Crippen molar-refractivity contribution in [2.45, 2.75) is 0 Å². The molecule has 0 fully saturated rings. The number of hydrogen-bond acceptors (Lipinski definition) is 3. The Kier molecular flexibility index (Phi) is 1.79. The highest BCUT2D eigenvalue weighted by Gasteiger charge is 2.20. The van der Waals surface area contributed by atoms with Crippen molar-refractivity contribution in [2.24, 2.45) is 5.84 Å². The molecule has 2 aliphatic rings. The molecule has 3 heteroatoms. The van der Waals surface area contributed by atoms with Crippen LogP contribution in [0.4, 0.5) is 0 Å². The van der Waals surface area contributed by atoms with Crippen LogP contribution in [-0.4, -0.2) is 18.2 Å². The number of hydrazine groups is 1. The van der Waals surface area contributed by atoms with Crippen LogP contribution in [0.3, 0.4) is 0 Å². The molecule has 0 spiro atoms. The molecule has 3 nitrogen and oxygen atoms in total. The van der Waals surface area contributed by atoms with Crippen molar-refractivity contribution in [3.63, 3.8) is 0 Å². The fraction of sp³-hybridized carbons (Fsp3) is 0.167. The Balaban J connectivity index is 2.12. The molecular formula is C12H12N2O. The van der Waals surface area contributed by atoms with Gasteiger partial charge in [0.05, 0.1) is 6.54 Å². The van der Waals surface area contributed by atoms with E-state index in [1.807, 2.05) is 24.4 Å². The molecule has 2 heterocycles. The highest BCUT2D eigenvalue weighted by atomic mass is 16.5. The summed E-state index contributed by atoms with van der Waals surface area (Å²) in [6, 6.07) is 8.11. The molecule has 0 aliphatic carbocycles. The van der Waals surface area contributed by atoms with E-state index < -0.39 is 0 Å². The van der Waals surface area contributed by atoms with E-state index in [1.165, 1.54) is 16.7 Å². The van der Waals surface area contributed by atoms with E-state index >= 15 is 0 Å². The zero-order valence-corrected chi connectivity index (χ0v) is 8.31. The number of allylic oxidation sites excluding steroid dienone is 2. The second-order valence-corrected chi connectivity index (χ2v) is 3.79. The SMILES string of the molecule is NN1C=CC2=C(COc3ccccc32)C1. The smallest absolute Gasteiger partial charge is 0.127 e. The number of ether oxygens (including phenoxy) is 1. The van der Waals surface area contributed by atoms with Crippen LogP contribution in [0.5, 0.6) is 5.75 Å². The van der Waals surface area contributed by atoms with Gasteiger partial charge in [-0.3, -0.25) is 0 Å². The van der Waals surface area contributed by atoms with Crippen LogP contribution in [0.2, 0.25) is 0 Å². The summed E-state index contributed by atoms with van der Waals surface area (Å²) < 4.78 is 5.67. The molecule has 0 amide bonds. The topological polar surface area (TPSA) is 38.5 Å². The highest BCUT2D eigenvalue weighted by Crippen LogP contribution is 2.35. The van der Waals surface area contributed by atoms with Crippen LogP contribution < -0.4 is 10.6 Å². The van der Waals surface area contributed by atoms with E-state index in [0.717, 1.165) is 12.3 Å². The first kappa shape index (κ1) is 8.56. The lowest BCUT2D eigenvalue weighted by molar-refractivity contribution is 0.320. The summed E-state index contributed by atoms with van der Waals surface area (Å²) in [6.45, 7) is 1.39. The van der Waals surface area contributed by atoms with Gasteiger partial charge in [0, 0.05) is 11.8 Å². The third kappa shape index (κ3) is 1.32. The Morgan fingerprint density at radius 3 is 3.07 bits per heavy atom. The quantitative estimate of drug-likeness (QED) is 0.645. The third-order valence-electron chi connectivity index (χ3n) is 2.77. The fourth-order valence-electron chi connectivity index (χ4n) is 2.03. The predicted octanol–water partition coefficient (Wildman–Crippen LogP) is 1.54. The van der Waals surface area contributed by atoms with Crippen molar-refractivity contribution in [3.05, 3.63) is 47.7 Å². The summed E-state index contributed by atoms with van der Waals surface area (Å²) >= 11 is 0. The Morgan fingerprint density at radius 1 is 1.27 bits per heavy atom. The third-order valence-corrected chi connectivity index (χ3v) is 2.77. The van der Waals surface area contributed by atoms with Crippen LogP contribution in [0.15, 0.2) is 42.1 Å². The lowest BCUT2D eigenvalue weighted by Crippen LogP contribution is -2.32. The average Bonchev–Trinajstić information content (AvgIpc) is 2.28. The number of rotatable bonds is 0. The first-order valence-electron chi connectivity index (χ1n) is 4.98. The van der Waals surface area contributed by atoms with Gasteiger partial charge in [-0.15, -0.1) is 0 Å². The molecule has 1 aromatic carbocycles. The molecule has 2 N–H and O–H groups in total. The average molecular weight is 200 g/mol. The van der Waals surface area contributed by atoms with Gasteiger partial charge in [-0.1, -0.05) is 18.2 Å². The van der Waals surface area contributed by atoms with Gasteiger partial charge < -0.3 is 9.75 Å². The molecule has 0 bridgehead atoms. The Bertz CT molecular complexity index is 462. The van der Waals surface area contributed by atoms with Crippen LogP contribution in [0.25, 0.3) is 5.57 Å². The molecule has 2 aliphatic heterocycles. The van der Waals surface area contributed by atoms with Crippen molar-refractivity contribution in [3.8, 4) is 5.75 Å². The minimum Gasteiger partial charge on any atom is -0.489 e. The van der Waals surface area contributed by atoms with E-state index in [1.54, 1.807) is 5.01 Å². The molecule has 0 radical (unpaired) electrons. The standard InChI is InChI=1S/C12H12N2O/c13-14-6-5-10-9(7-14)8-15-12-4-2-1-3-11(10)12/h1-6H,7-8,13H2. The van der Waals surface area contributed by atoms with Crippen molar-refractivity contribution >= 4 is 5.57 Å². The first-order valence-corrected chi connectivity index (χ1v) is 4.98. The number of hydrogen-bond donors (Lipinski definition) is 1. The molecule has 0 unspecified atom stereocenters. The van der Waals surface area contributed by atoms with Gasteiger partial charge >= 0.3 is 0 Å². The Hall–Kier alpha value is -1.74. The Morgan fingerprint density at radius 2 is 2.13 bits per heavy atom. The molecule has 3 rings (SSSR count). The second-order valence-electron chi connectivity index (χ2n) is 3.79. The van der Waals surface area contributed by atoms with Crippen LogP contribution >= 0.6 is 0 Å². The summed E-state index contributed by atoms with van der Waals surface area (Å²) in [5, 5.41) is 1.68. The normalized spacial score (nSPS) is 18.3. The number of nitrogens with zero attached hydrogens (tertiary/aromatic N) is 1. The maximum Gasteiger partial charge on any atom is 0.127 e. The van der Waals surface area contributed by atoms with Crippen LogP contribution in [0, 0.1) is 0 Å². The zero-order chi connectivity index (χ0) is 10.3. The highest BCUT2D eigenvalue weighted by molar-refractivity contribution is 5.82. The zero-order valence-electron chi connectivity index (χ0n) is 8.31. The maximum absolute atomic E-state index is 5.72. The van der Waals surface area contributed by atoms with Crippen LogP contribution in [0.1, 0.15) is 5.56 Å². The summed E-state index contributed by atoms with van der Waals surface area (Å²) in [4.78, 5) is 0. The largest absolute Gasteiger partial charge is 0.489 e. The maximum atomic E-state index is 5.72. The molecular weight excluding hydrogens is 188 g/mol. The van der Waals surface area contributed by atoms with Crippen molar-refractivity contribution in [1.29, 1.82) is 0 Å². The van der Waals surface area contributed by atoms with Crippen molar-refractivity contribution in [2.75, 3.05) is 13.2 Å². The molecule has 1 aromatic rings. The van der Waals surface area contributed by atoms with Gasteiger partial charge in [0.15, 0.2) is 0 Å². The van der Waals surface area contributed by atoms with Crippen molar-refractivity contribution < 1.29 is 4.74 Å². The summed E-state index contributed by atoms with van der Waals surface area (Å²) in [7, 11) is 0. The molecule has 0 saturated heterocycles. The molecule has 0 saturated carbocycles. The van der Waals surface area contributed by atoms with Crippen molar-refractivity contribution in [1.82, 2.24) is 5.01 Å². The fourth-order valence-corrected chi connectivity index (χ4v) is 2.03. The number of benzene rings is 1. The number of fused-ring (bicyclic) bond motifs is 2. The van der Waals surface area contributed by atoms with Gasteiger partial charge in [-0.2, -0.15) is 0 Å². The van der Waals surface area contributed by atoms with E-state index in [0.29, 0.717) is 6.61 Å². The van der Waals surface area contributed by atoms with Gasteiger partial charge in [0.25, 0.3) is 0 Å². The summed E-state index contributed by atoms with van der Waals surface area (Å²) in [5.41, 5.74) is 3.68. The summed E-state index contributed by atoms with van der Waals surface area (Å²) in [5.74, 6) is 6.68. The van der Waals surface area contributed by atoms with E-state index in [-0.39, 0.29) is 0 Å². The lowest BCUT2D eigenvalue weighted by atomic mass is 9.95. The monoisotopic (exact) mass is 200 g/mol. The van der Waals surface area contributed by atoms with E-state index in [2.05, 4.69) is 12.1 Å². The second kappa shape index (κ2) is 3.14. The van der Waals surface area contributed by atoms with Gasteiger partial charge in [-0.05, 0) is 23.3 Å². The predicted molar refractivity (Wildman–Crippen MR) is 58.9 cm³/mol. The van der Waals surface area contributed by atoms with E-state index in [4.69, 9.17) is 10.6 Å². The molecule has 0 atom stereocenters. The minimum absolute atomic E-state index is 0.643. The van der Waals surface area contributed by atoms with Gasteiger partial charge in [0.1, 0.15) is 12.4 Å². The number of para-hydroxylation sites is 1. The summed E-state index contributed by atoms with van der Waals surface area (Å²) in [6.07, 6.45) is 3.96. The molecule has 0 aromatic heterocycles. The van der Waals surface area contributed by atoms with Gasteiger partial charge in [0.2, 0.25) is 0 Å².